The molecule has 1 aliphatic rings. The number of aromatic hydroxyl groups is 2. The standard InChI is InChI=1S/C26H28N4O5/c1-4-29-9-11-30(12-10-29)18-7-5-17(6-8-18)22-14-20(32)23-19(31)13-21(33)25(26(23)34-22)35-24-15(2)27-28-16(24)3/h5-8,13-14,31,33H,4,9-12H2,1-3H3,(H,27,28). The molecule has 0 saturated carbocycles. The Labute approximate surface area is 202 Å². The van der Waals surface area contributed by atoms with Crippen molar-refractivity contribution in [1.82, 2.24) is 15.1 Å². The third kappa shape index (κ3) is 4.19. The highest BCUT2D eigenvalue weighted by Gasteiger charge is 2.22. The average molecular weight is 477 g/mol. The molecule has 3 N–H and O–H groups in total. The third-order valence-corrected chi connectivity index (χ3v) is 6.52. The fourth-order valence-corrected chi connectivity index (χ4v) is 4.47. The first-order chi connectivity index (χ1) is 16.9. The lowest BCUT2D eigenvalue weighted by atomic mass is 10.1. The van der Waals surface area contributed by atoms with Crippen molar-refractivity contribution in [2.24, 2.45) is 0 Å². The molecule has 0 spiro atoms. The largest absolute Gasteiger partial charge is 0.507 e. The molecule has 35 heavy (non-hydrogen) atoms. The molecule has 0 bridgehead atoms. The van der Waals surface area contributed by atoms with E-state index in [4.69, 9.17) is 9.15 Å². The maximum absolute atomic E-state index is 13.0. The number of benzene rings is 2. The Kier molecular flexibility index (Phi) is 5.86. The smallest absolute Gasteiger partial charge is 0.212 e. The molecule has 2 aromatic carbocycles. The number of ether oxygens (including phenoxy) is 1. The zero-order chi connectivity index (χ0) is 24.7. The number of piperazine rings is 1. The van der Waals surface area contributed by atoms with Crippen molar-refractivity contribution in [2.45, 2.75) is 20.8 Å². The number of aryl methyl sites for hydroxylation is 2. The molecule has 0 amide bonds. The van der Waals surface area contributed by atoms with Crippen LogP contribution in [0.1, 0.15) is 18.3 Å². The van der Waals surface area contributed by atoms with Gasteiger partial charge in [0.05, 0.1) is 5.69 Å². The van der Waals surface area contributed by atoms with Gasteiger partial charge in [0.25, 0.3) is 0 Å². The molecule has 4 aromatic rings. The summed E-state index contributed by atoms with van der Waals surface area (Å²) in [6.07, 6.45) is 0. The first kappa shape index (κ1) is 22.8. The maximum Gasteiger partial charge on any atom is 0.212 e. The Morgan fingerprint density at radius 3 is 2.37 bits per heavy atom. The zero-order valence-corrected chi connectivity index (χ0v) is 20.0. The van der Waals surface area contributed by atoms with Gasteiger partial charge in [-0.05, 0) is 44.7 Å². The van der Waals surface area contributed by atoms with Crippen LogP contribution >= 0.6 is 0 Å². The quantitative estimate of drug-likeness (QED) is 0.394. The van der Waals surface area contributed by atoms with Gasteiger partial charge in [0.2, 0.25) is 5.75 Å². The summed E-state index contributed by atoms with van der Waals surface area (Å²) in [5, 5.41) is 27.8. The molecule has 0 atom stereocenters. The van der Waals surface area contributed by atoms with Crippen molar-refractivity contribution >= 4 is 16.7 Å². The van der Waals surface area contributed by atoms with E-state index < -0.39 is 5.43 Å². The highest BCUT2D eigenvalue weighted by molar-refractivity contribution is 5.92. The van der Waals surface area contributed by atoms with Gasteiger partial charge >= 0.3 is 0 Å². The van der Waals surface area contributed by atoms with Crippen LogP contribution in [0.3, 0.4) is 0 Å². The number of nitrogens with zero attached hydrogens (tertiary/aromatic N) is 3. The van der Waals surface area contributed by atoms with Gasteiger partial charge in [0.1, 0.15) is 22.6 Å². The van der Waals surface area contributed by atoms with E-state index in [9.17, 15) is 15.0 Å². The van der Waals surface area contributed by atoms with Crippen LogP contribution in [-0.2, 0) is 0 Å². The number of nitrogens with one attached hydrogen (secondary N) is 1. The number of aromatic amines is 1. The van der Waals surface area contributed by atoms with Crippen LogP contribution in [0, 0.1) is 13.8 Å². The van der Waals surface area contributed by atoms with Gasteiger partial charge in [-0.1, -0.05) is 6.92 Å². The summed E-state index contributed by atoms with van der Waals surface area (Å²) < 4.78 is 12.0. The molecule has 9 nitrogen and oxygen atoms in total. The first-order valence-corrected chi connectivity index (χ1v) is 11.7. The van der Waals surface area contributed by atoms with Gasteiger partial charge in [-0.15, -0.1) is 0 Å². The Morgan fingerprint density at radius 1 is 1.03 bits per heavy atom. The van der Waals surface area contributed by atoms with Gasteiger partial charge in [0.15, 0.2) is 22.5 Å². The molecule has 3 heterocycles. The monoisotopic (exact) mass is 476 g/mol. The van der Waals surface area contributed by atoms with Gasteiger partial charge in [0, 0.05) is 49.6 Å². The summed E-state index contributed by atoms with van der Waals surface area (Å²) in [7, 11) is 0. The van der Waals surface area contributed by atoms with E-state index in [-0.39, 0.29) is 28.2 Å². The van der Waals surface area contributed by atoms with Crippen LogP contribution in [-0.4, -0.2) is 58.0 Å². The van der Waals surface area contributed by atoms with Gasteiger partial charge in [-0.2, -0.15) is 5.10 Å². The summed E-state index contributed by atoms with van der Waals surface area (Å²) in [5.41, 5.74) is 2.56. The number of aromatic nitrogens is 2. The number of hydrogen-bond acceptors (Lipinski definition) is 8. The number of phenols is 2. The normalized spacial score (nSPS) is 14.5. The fraction of sp³-hybridized carbons (Fsp3) is 0.308. The highest BCUT2D eigenvalue weighted by atomic mass is 16.5. The number of anilines is 1. The highest BCUT2D eigenvalue weighted by Crippen LogP contribution is 2.43. The number of hydrogen-bond donors (Lipinski definition) is 3. The van der Waals surface area contributed by atoms with Gasteiger partial charge < -0.3 is 29.2 Å². The molecular weight excluding hydrogens is 448 g/mol. The van der Waals surface area contributed by atoms with Gasteiger partial charge in [-0.3, -0.25) is 9.89 Å². The van der Waals surface area contributed by atoms with E-state index in [1.165, 1.54) is 6.07 Å². The summed E-state index contributed by atoms with van der Waals surface area (Å²) in [6.45, 7) is 10.8. The molecular formula is C26H28N4O5. The first-order valence-electron chi connectivity index (χ1n) is 11.7. The molecule has 0 unspecified atom stereocenters. The molecule has 182 valence electrons. The Bertz CT molecular complexity index is 1410. The van der Waals surface area contributed by atoms with Crippen molar-refractivity contribution in [3.8, 4) is 34.3 Å². The SMILES string of the molecule is CCN1CCN(c2ccc(-c3cc(=O)c4c(O)cc(O)c(Oc5c(C)n[nH]c5C)c4o3)cc2)CC1. The van der Waals surface area contributed by atoms with Crippen LogP contribution in [0.5, 0.6) is 23.0 Å². The summed E-state index contributed by atoms with van der Waals surface area (Å²) >= 11 is 0. The number of fused-ring (bicyclic) bond motifs is 1. The fourth-order valence-electron chi connectivity index (χ4n) is 4.47. The zero-order valence-electron chi connectivity index (χ0n) is 20.0. The molecule has 1 fully saturated rings. The van der Waals surface area contributed by atoms with Crippen molar-refractivity contribution < 1.29 is 19.4 Å². The van der Waals surface area contributed by atoms with E-state index >= 15 is 0 Å². The molecule has 0 radical (unpaired) electrons. The second kappa shape index (κ2) is 8.99. The summed E-state index contributed by atoms with van der Waals surface area (Å²) in [6, 6.07) is 10.2. The molecule has 5 rings (SSSR count). The Hall–Kier alpha value is -3.98. The van der Waals surface area contributed by atoms with Crippen molar-refractivity contribution in [3.05, 3.63) is 58.0 Å². The summed E-state index contributed by atoms with van der Waals surface area (Å²) in [5.74, 6) is -0.0767. The van der Waals surface area contributed by atoms with Gasteiger partial charge in [-0.25, -0.2) is 0 Å². The van der Waals surface area contributed by atoms with Crippen LogP contribution in [0.15, 0.2) is 45.6 Å². The Morgan fingerprint density at radius 2 is 1.74 bits per heavy atom. The van der Waals surface area contributed by atoms with E-state index in [2.05, 4.69) is 26.9 Å². The predicted molar refractivity (Wildman–Crippen MR) is 134 cm³/mol. The minimum absolute atomic E-state index is 0.0373. The van der Waals surface area contributed by atoms with Crippen molar-refractivity contribution in [2.75, 3.05) is 37.6 Å². The van der Waals surface area contributed by atoms with Crippen LogP contribution in [0.4, 0.5) is 5.69 Å². The minimum atomic E-state index is -0.441. The number of rotatable bonds is 5. The lowest BCUT2D eigenvalue weighted by Gasteiger charge is -2.35. The number of likely N-dealkylation sites (N-methyl/N-ethyl adjacent to an activating group) is 1. The number of phenolic OH excluding ortho intramolecular Hbond substituents is 2. The minimum Gasteiger partial charge on any atom is -0.507 e. The molecule has 9 heteroatoms. The van der Waals surface area contributed by atoms with Crippen molar-refractivity contribution in [1.29, 1.82) is 0 Å². The average Bonchev–Trinajstić information content (AvgIpc) is 3.18. The summed E-state index contributed by atoms with van der Waals surface area (Å²) in [4.78, 5) is 17.7. The lowest BCUT2D eigenvalue weighted by Crippen LogP contribution is -2.46. The Balaban J connectivity index is 1.54. The van der Waals surface area contributed by atoms with Crippen molar-refractivity contribution in [3.63, 3.8) is 0 Å². The molecule has 2 aromatic heterocycles. The lowest BCUT2D eigenvalue weighted by molar-refractivity contribution is 0.271. The number of H-pyrrole nitrogens is 1. The van der Waals surface area contributed by atoms with Crippen LogP contribution in [0.2, 0.25) is 0 Å². The maximum atomic E-state index is 13.0. The molecule has 1 saturated heterocycles. The second-order valence-electron chi connectivity index (χ2n) is 8.76. The second-order valence-corrected chi connectivity index (χ2v) is 8.76. The third-order valence-electron chi connectivity index (χ3n) is 6.52. The topological polar surface area (TPSA) is 115 Å². The van der Waals surface area contributed by atoms with Crippen LogP contribution in [0.25, 0.3) is 22.3 Å². The van der Waals surface area contributed by atoms with E-state index in [0.717, 1.165) is 44.5 Å². The molecule has 1 aliphatic heterocycles. The predicted octanol–water partition coefficient (Wildman–Crippen LogP) is 4.15. The van der Waals surface area contributed by atoms with E-state index in [1.54, 1.807) is 13.8 Å². The molecule has 0 aliphatic carbocycles. The van der Waals surface area contributed by atoms with Crippen LogP contribution < -0.4 is 15.1 Å². The van der Waals surface area contributed by atoms with E-state index in [0.29, 0.717) is 28.5 Å². The van der Waals surface area contributed by atoms with E-state index in [1.807, 2.05) is 24.3 Å².